The van der Waals surface area contributed by atoms with Crippen LogP contribution in [0.3, 0.4) is 0 Å². The van der Waals surface area contributed by atoms with Crippen LogP contribution < -0.4 is 5.56 Å². The third-order valence-electron chi connectivity index (χ3n) is 5.24. The van der Waals surface area contributed by atoms with E-state index in [9.17, 15) is 9.59 Å². The number of benzene rings is 2. The third-order valence-corrected chi connectivity index (χ3v) is 5.49. The van der Waals surface area contributed by atoms with Crippen molar-refractivity contribution in [1.82, 2.24) is 24.4 Å². The van der Waals surface area contributed by atoms with Gasteiger partial charge in [0.05, 0.1) is 11.3 Å². The molecule has 0 fully saturated rings. The molecule has 152 valence electrons. The van der Waals surface area contributed by atoms with Crippen molar-refractivity contribution >= 4 is 34.1 Å². The zero-order chi connectivity index (χ0) is 21.7. The van der Waals surface area contributed by atoms with Gasteiger partial charge in [-0.3, -0.25) is 14.2 Å². The number of ketones is 1. The van der Waals surface area contributed by atoms with E-state index in [2.05, 4.69) is 15.3 Å². The number of hydrogen-bond acceptors (Lipinski definition) is 5. The monoisotopic (exact) mass is 429 g/mol. The zero-order valence-electron chi connectivity index (χ0n) is 16.7. The van der Waals surface area contributed by atoms with Gasteiger partial charge in [-0.1, -0.05) is 23.7 Å². The predicted molar refractivity (Wildman–Crippen MR) is 119 cm³/mol. The van der Waals surface area contributed by atoms with Crippen LogP contribution in [0.25, 0.3) is 33.5 Å². The largest absolute Gasteiger partial charge is 0.295 e. The van der Waals surface area contributed by atoms with Crippen LogP contribution in [0.2, 0.25) is 5.02 Å². The normalized spacial score (nSPS) is 11.3. The van der Waals surface area contributed by atoms with Crippen molar-refractivity contribution in [2.75, 3.05) is 0 Å². The van der Waals surface area contributed by atoms with E-state index in [4.69, 9.17) is 11.6 Å². The summed E-state index contributed by atoms with van der Waals surface area (Å²) < 4.78 is 3.12. The quantitative estimate of drug-likeness (QED) is 0.400. The summed E-state index contributed by atoms with van der Waals surface area (Å²) in [7, 11) is 0. The Balaban J connectivity index is 1.69. The van der Waals surface area contributed by atoms with E-state index in [0.717, 1.165) is 16.8 Å². The average Bonchev–Trinajstić information content (AvgIpc) is 3.11. The van der Waals surface area contributed by atoms with Gasteiger partial charge < -0.3 is 0 Å². The van der Waals surface area contributed by atoms with Crippen molar-refractivity contribution in [2.45, 2.75) is 13.8 Å². The van der Waals surface area contributed by atoms with Crippen LogP contribution in [-0.4, -0.2) is 30.2 Å². The highest BCUT2D eigenvalue weighted by Crippen LogP contribution is 2.29. The minimum atomic E-state index is -0.316. The summed E-state index contributed by atoms with van der Waals surface area (Å²) in [5.74, 6) is -0.0313. The minimum Gasteiger partial charge on any atom is -0.295 e. The van der Waals surface area contributed by atoms with Crippen LogP contribution in [0.15, 0.2) is 65.6 Å². The number of hydrogen-bond donors (Lipinski definition) is 0. The predicted octanol–water partition coefficient (Wildman–Crippen LogP) is 4.26. The molecule has 5 rings (SSSR count). The molecule has 0 amide bonds. The van der Waals surface area contributed by atoms with Gasteiger partial charge in [0.1, 0.15) is 5.52 Å². The maximum atomic E-state index is 13.1. The molecule has 31 heavy (non-hydrogen) atoms. The molecule has 0 radical (unpaired) electrons. The van der Waals surface area contributed by atoms with E-state index in [1.54, 1.807) is 41.0 Å². The van der Waals surface area contributed by atoms with Crippen molar-refractivity contribution in [3.63, 3.8) is 0 Å². The Bertz CT molecular complexity index is 1530. The van der Waals surface area contributed by atoms with Gasteiger partial charge in [-0.15, -0.1) is 10.2 Å². The third kappa shape index (κ3) is 3.10. The first-order valence-corrected chi connectivity index (χ1v) is 9.96. The number of fused-ring (bicyclic) bond motifs is 3. The number of rotatable bonds is 3. The van der Waals surface area contributed by atoms with Gasteiger partial charge in [0.15, 0.2) is 16.9 Å². The molecule has 8 heteroatoms. The van der Waals surface area contributed by atoms with Gasteiger partial charge in [-0.2, -0.15) is 5.10 Å². The van der Waals surface area contributed by atoms with Crippen LogP contribution >= 0.6 is 11.6 Å². The molecular weight excluding hydrogens is 414 g/mol. The van der Waals surface area contributed by atoms with Crippen molar-refractivity contribution < 1.29 is 4.79 Å². The summed E-state index contributed by atoms with van der Waals surface area (Å²) in [6.45, 7) is 3.39. The summed E-state index contributed by atoms with van der Waals surface area (Å²) in [4.78, 5) is 24.6. The van der Waals surface area contributed by atoms with Gasteiger partial charge >= 0.3 is 0 Å². The fourth-order valence-corrected chi connectivity index (χ4v) is 3.79. The Morgan fingerprint density at radius 1 is 0.968 bits per heavy atom. The topological polar surface area (TPSA) is 82.2 Å². The highest BCUT2D eigenvalue weighted by atomic mass is 35.5. The highest BCUT2D eigenvalue weighted by molar-refractivity contribution is 6.30. The molecule has 0 saturated carbocycles. The van der Waals surface area contributed by atoms with Crippen molar-refractivity contribution in [2.24, 2.45) is 0 Å². The first kappa shape index (κ1) is 19.1. The van der Waals surface area contributed by atoms with Crippen LogP contribution in [0.1, 0.15) is 23.0 Å². The lowest BCUT2D eigenvalue weighted by Crippen LogP contribution is -2.20. The minimum absolute atomic E-state index is 0.0313. The fourth-order valence-electron chi connectivity index (χ4n) is 3.67. The second kappa shape index (κ2) is 7.14. The van der Waals surface area contributed by atoms with Crippen molar-refractivity contribution in [3.05, 3.63) is 87.4 Å². The highest BCUT2D eigenvalue weighted by Gasteiger charge is 2.17. The van der Waals surface area contributed by atoms with E-state index in [-0.39, 0.29) is 16.9 Å². The Labute approximate surface area is 181 Å². The number of nitrogens with zero attached hydrogens (tertiary/aromatic N) is 5. The molecule has 0 spiro atoms. The number of aryl methyl sites for hydroxylation is 1. The molecule has 2 aromatic carbocycles. The van der Waals surface area contributed by atoms with Gasteiger partial charge in [-0.05, 0) is 61.9 Å². The summed E-state index contributed by atoms with van der Waals surface area (Å²) in [6.07, 6.45) is 1.67. The molecule has 0 aliphatic carbocycles. The average molecular weight is 430 g/mol. The Morgan fingerprint density at radius 2 is 1.68 bits per heavy atom. The number of carbonyl (C=O) groups is 1. The van der Waals surface area contributed by atoms with E-state index < -0.39 is 0 Å². The number of carbonyl (C=O) groups excluding carboxylic acids is 1. The number of Topliss-reactive ketones (excluding diaryl/α,β-unsaturated/α-hetero) is 1. The molecule has 0 atom stereocenters. The van der Waals surface area contributed by atoms with Crippen molar-refractivity contribution in [1.29, 1.82) is 0 Å². The van der Waals surface area contributed by atoms with E-state index in [0.29, 0.717) is 27.4 Å². The summed E-state index contributed by atoms with van der Waals surface area (Å²) >= 11 is 6.01. The lowest BCUT2D eigenvalue weighted by molar-refractivity contribution is 0.101. The van der Waals surface area contributed by atoms with Gasteiger partial charge in [-0.25, -0.2) is 4.52 Å². The van der Waals surface area contributed by atoms with Gasteiger partial charge in [0.2, 0.25) is 0 Å². The maximum Gasteiger partial charge on any atom is 0.285 e. The zero-order valence-corrected chi connectivity index (χ0v) is 17.5. The SMILES string of the molecule is CC(=O)c1ccc(-n2ccc3c(nnc4c(-c5ccc(Cl)cc5)c(C)nn43)c2=O)cc1. The van der Waals surface area contributed by atoms with E-state index in [1.807, 2.05) is 31.2 Å². The summed E-state index contributed by atoms with van der Waals surface area (Å²) in [5, 5.41) is 13.8. The van der Waals surface area contributed by atoms with Crippen LogP contribution in [0.5, 0.6) is 0 Å². The molecule has 7 nitrogen and oxygen atoms in total. The van der Waals surface area contributed by atoms with Gasteiger partial charge in [0.25, 0.3) is 5.56 Å². The summed E-state index contributed by atoms with van der Waals surface area (Å²) in [6, 6.07) is 16.1. The van der Waals surface area contributed by atoms with E-state index >= 15 is 0 Å². The first-order valence-electron chi connectivity index (χ1n) is 9.59. The maximum absolute atomic E-state index is 13.1. The Kier molecular flexibility index (Phi) is 4.41. The van der Waals surface area contributed by atoms with Crippen LogP contribution in [-0.2, 0) is 0 Å². The van der Waals surface area contributed by atoms with Crippen LogP contribution in [0.4, 0.5) is 0 Å². The van der Waals surface area contributed by atoms with Crippen LogP contribution in [0, 0.1) is 6.92 Å². The van der Waals surface area contributed by atoms with E-state index in [1.165, 1.54) is 11.5 Å². The number of aromatic nitrogens is 5. The molecular formula is C23H16ClN5O2. The second-order valence-corrected chi connectivity index (χ2v) is 7.67. The number of halogens is 1. The molecule has 3 aromatic heterocycles. The number of pyridine rings is 1. The molecule has 3 heterocycles. The molecule has 0 bridgehead atoms. The molecule has 0 N–H and O–H groups in total. The molecule has 0 unspecified atom stereocenters. The lowest BCUT2D eigenvalue weighted by Gasteiger charge is -2.08. The molecule has 0 aliphatic heterocycles. The lowest BCUT2D eigenvalue weighted by atomic mass is 10.1. The Hall–Kier alpha value is -3.84. The fraction of sp³-hybridized carbons (Fsp3) is 0.0870. The smallest absolute Gasteiger partial charge is 0.285 e. The standard InChI is InChI=1S/C23H16ClN5O2/c1-13-20(16-3-7-17(24)8-4-16)22-26-25-21-19(29(22)27-13)11-12-28(23(21)31)18-9-5-15(6-10-18)14(2)30/h3-12H,1-2H3. The molecule has 0 saturated heterocycles. The Morgan fingerprint density at radius 3 is 2.35 bits per heavy atom. The summed E-state index contributed by atoms with van der Waals surface area (Å²) in [5.41, 5.74) is 4.77. The van der Waals surface area contributed by atoms with Crippen molar-refractivity contribution in [3.8, 4) is 16.8 Å². The first-order chi connectivity index (χ1) is 14.9. The van der Waals surface area contributed by atoms with Gasteiger partial charge in [0, 0.05) is 22.5 Å². The molecule has 0 aliphatic rings. The molecule has 5 aromatic rings. The second-order valence-electron chi connectivity index (χ2n) is 7.23.